The van der Waals surface area contributed by atoms with Gasteiger partial charge in [0.25, 0.3) is 0 Å². The number of ether oxygens (including phenoxy) is 1. The van der Waals surface area contributed by atoms with Gasteiger partial charge in [-0.15, -0.1) is 0 Å². The highest BCUT2D eigenvalue weighted by Gasteiger charge is 2.14. The highest BCUT2D eigenvalue weighted by Crippen LogP contribution is 2.25. The molecule has 1 heterocycles. The zero-order valence-corrected chi connectivity index (χ0v) is 11.7. The normalized spacial score (nSPS) is 10.1. The van der Waals surface area contributed by atoms with Crippen LogP contribution in [0.15, 0.2) is 24.3 Å². The molecule has 0 spiro atoms. The highest BCUT2D eigenvalue weighted by atomic mass is 32.1. The monoisotopic (exact) mass is 292 g/mol. The van der Waals surface area contributed by atoms with E-state index in [1.807, 2.05) is 0 Å². The van der Waals surface area contributed by atoms with Crippen molar-refractivity contribution in [3.05, 3.63) is 40.4 Å². The summed E-state index contributed by atoms with van der Waals surface area (Å²) in [6, 6.07) is 6.63. The zero-order valence-electron chi connectivity index (χ0n) is 10.8. The molecule has 0 aliphatic heterocycles. The Morgan fingerprint density at radius 3 is 2.45 bits per heavy atom. The van der Waals surface area contributed by atoms with E-state index in [0.717, 1.165) is 11.3 Å². The Labute approximate surface area is 119 Å². The van der Waals surface area contributed by atoms with Gasteiger partial charge in [0, 0.05) is 5.69 Å². The molecule has 6 nitrogen and oxygen atoms in total. The number of rotatable bonds is 4. The molecule has 0 aliphatic rings. The molecule has 20 heavy (non-hydrogen) atoms. The molecule has 0 aliphatic carbocycles. The first-order valence-corrected chi connectivity index (χ1v) is 6.49. The lowest BCUT2D eigenvalue weighted by Gasteiger charge is -2.03. The molecule has 2 aromatic rings. The van der Waals surface area contributed by atoms with Crippen molar-refractivity contribution < 1.29 is 19.4 Å². The SMILES string of the molecule is COC(=O)c1ccc(Nc2nc(C)c(C(=O)O)s2)cc1. The van der Waals surface area contributed by atoms with Crippen LogP contribution in [0.25, 0.3) is 0 Å². The Kier molecular flexibility index (Phi) is 3.99. The van der Waals surface area contributed by atoms with Gasteiger partial charge in [-0.1, -0.05) is 11.3 Å². The summed E-state index contributed by atoms with van der Waals surface area (Å²) in [6.07, 6.45) is 0. The van der Waals surface area contributed by atoms with Gasteiger partial charge in [0.1, 0.15) is 4.88 Å². The maximum absolute atomic E-state index is 11.3. The van der Waals surface area contributed by atoms with E-state index in [1.54, 1.807) is 31.2 Å². The largest absolute Gasteiger partial charge is 0.477 e. The third-order valence-electron chi connectivity index (χ3n) is 2.55. The fourth-order valence-electron chi connectivity index (χ4n) is 1.58. The van der Waals surface area contributed by atoms with Gasteiger partial charge in [0.05, 0.1) is 18.4 Å². The number of thiazole rings is 1. The van der Waals surface area contributed by atoms with Crippen molar-refractivity contribution in [2.45, 2.75) is 6.92 Å². The number of anilines is 2. The molecule has 2 rings (SSSR count). The van der Waals surface area contributed by atoms with Crippen LogP contribution in [0.1, 0.15) is 25.7 Å². The predicted molar refractivity (Wildman–Crippen MR) is 74.9 cm³/mol. The van der Waals surface area contributed by atoms with Gasteiger partial charge >= 0.3 is 11.9 Å². The third-order valence-corrected chi connectivity index (χ3v) is 3.61. The third kappa shape index (κ3) is 2.94. The molecule has 1 aromatic heterocycles. The molecular formula is C13H12N2O4S. The smallest absolute Gasteiger partial charge is 0.347 e. The van der Waals surface area contributed by atoms with Crippen molar-refractivity contribution in [1.82, 2.24) is 4.98 Å². The van der Waals surface area contributed by atoms with E-state index in [4.69, 9.17) is 5.11 Å². The first kappa shape index (κ1) is 14.0. The van der Waals surface area contributed by atoms with Crippen LogP contribution in [0.3, 0.4) is 0 Å². The molecule has 0 bridgehead atoms. The molecule has 2 N–H and O–H groups in total. The van der Waals surface area contributed by atoms with Crippen LogP contribution in [0.4, 0.5) is 10.8 Å². The van der Waals surface area contributed by atoms with E-state index >= 15 is 0 Å². The minimum absolute atomic E-state index is 0.207. The second-order valence-corrected chi connectivity index (χ2v) is 4.93. The van der Waals surface area contributed by atoms with Crippen molar-refractivity contribution in [2.75, 3.05) is 12.4 Å². The van der Waals surface area contributed by atoms with Crippen LogP contribution in [0.5, 0.6) is 0 Å². The predicted octanol–water partition coefficient (Wildman–Crippen LogP) is 2.68. The fourth-order valence-corrected chi connectivity index (χ4v) is 2.40. The molecule has 1 aromatic carbocycles. The van der Waals surface area contributed by atoms with Gasteiger partial charge in [0.15, 0.2) is 5.13 Å². The zero-order chi connectivity index (χ0) is 14.7. The molecule has 0 amide bonds. The number of carbonyl (C=O) groups is 2. The number of nitrogens with one attached hydrogen (secondary N) is 1. The van der Waals surface area contributed by atoms with E-state index in [2.05, 4.69) is 15.0 Å². The van der Waals surface area contributed by atoms with Crippen molar-refractivity contribution in [3.63, 3.8) is 0 Å². The number of carboxylic acids is 1. The van der Waals surface area contributed by atoms with Gasteiger partial charge < -0.3 is 15.2 Å². The standard InChI is InChI=1S/C13H12N2O4S/c1-7-10(11(16)17)20-13(14-7)15-9-5-3-8(4-6-9)12(18)19-2/h3-6H,1-2H3,(H,14,15)(H,16,17). The Morgan fingerprint density at radius 2 is 1.95 bits per heavy atom. The number of hydrogen-bond acceptors (Lipinski definition) is 6. The average Bonchev–Trinajstić information content (AvgIpc) is 2.79. The van der Waals surface area contributed by atoms with Gasteiger partial charge in [0.2, 0.25) is 0 Å². The van der Waals surface area contributed by atoms with E-state index in [0.29, 0.717) is 22.1 Å². The number of aryl methyl sites for hydroxylation is 1. The summed E-state index contributed by atoms with van der Waals surface area (Å²) in [4.78, 5) is 26.6. The lowest BCUT2D eigenvalue weighted by molar-refractivity contribution is 0.0600. The summed E-state index contributed by atoms with van der Waals surface area (Å²) in [5.41, 5.74) is 1.62. The first-order chi connectivity index (χ1) is 9.51. The Bertz CT molecular complexity index is 649. The van der Waals surface area contributed by atoms with Gasteiger partial charge in [-0.2, -0.15) is 0 Å². The lowest BCUT2D eigenvalue weighted by atomic mass is 10.2. The van der Waals surface area contributed by atoms with E-state index in [9.17, 15) is 9.59 Å². The van der Waals surface area contributed by atoms with Crippen LogP contribution in [-0.4, -0.2) is 29.1 Å². The number of methoxy groups -OCH3 is 1. The maximum Gasteiger partial charge on any atom is 0.347 e. The van der Waals surface area contributed by atoms with Crippen LogP contribution < -0.4 is 5.32 Å². The Hall–Kier alpha value is -2.41. The molecular weight excluding hydrogens is 280 g/mol. The molecule has 0 radical (unpaired) electrons. The number of carboxylic acid groups (broad SMARTS) is 1. The summed E-state index contributed by atoms with van der Waals surface area (Å²) in [7, 11) is 1.32. The van der Waals surface area contributed by atoms with Crippen molar-refractivity contribution in [1.29, 1.82) is 0 Å². The van der Waals surface area contributed by atoms with E-state index < -0.39 is 11.9 Å². The number of aromatic carboxylic acids is 1. The molecule has 0 saturated heterocycles. The summed E-state index contributed by atoms with van der Waals surface area (Å²) < 4.78 is 4.60. The molecule has 0 fully saturated rings. The number of carbonyl (C=O) groups excluding carboxylic acids is 1. The van der Waals surface area contributed by atoms with Crippen molar-refractivity contribution in [3.8, 4) is 0 Å². The molecule has 104 valence electrons. The Balaban J connectivity index is 2.16. The maximum atomic E-state index is 11.3. The Morgan fingerprint density at radius 1 is 1.30 bits per heavy atom. The highest BCUT2D eigenvalue weighted by molar-refractivity contribution is 7.17. The van der Waals surface area contributed by atoms with Gasteiger partial charge in [-0.05, 0) is 31.2 Å². The van der Waals surface area contributed by atoms with Crippen molar-refractivity contribution >= 4 is 34.1 Å². The van der Waals surface area contributed by atoms with Gasteiger partial charge in [-0.25, -0.2) is 14.6 Å². The minimum atomic E-state index is -0.992. The van der Waals surface area contributed by atoms with Crippen LogP contribution >= 0.6 is 11.3 Å². The molecule has 0 atom stereocenters. The minimum Gasteiger partial charge on any atom is -0.477 e. The molecule has 0 unspecified atom stereocenters. The first-order valence-electron chi connectivity index (χ1n) is 5.67. The van der Waals surface area contributed by atoms with Crippen LogP contribution in [0.2, 0.25) is 0 Å². The second-order valence-electron chi connectivity index (χ2n) is 3.93. The van der Waals surface area contributed by atoms with Gasteiger partial charge in [-0.3, -0.25) is 0 Å². The average molecular weight is 292 g/mol. The van der Waals surface area contributed by atoms with Crippen LogP contribution in [0, 0.1) is 6.92 Å². The van der Waals surface area contributed by atoms with E-state index in [-0.39, 0.29) is 4.88 Å². The number of hydrogen-bond donors (Lipinski definition) is 2. The molecule has 7 heteroatoms. The van der Waals surface area contributed by atoms with Crippen molar-refractivity contribution in [2.24, 2.45) is 0 Å². The number of benzene rings is 1. The summed E-state index contributed by atoms with van der Waals surface area (Å²) in [5, 5.41) is 12.4. The van der Waals surface area contributed by atoms with E-state index in [1.165, 1.54) is 7.11 Å². The lowest BCUT2D eigenvalue weighted by Crippen LogP contribution is -2.00. The topological polar surface area (TPSA) is 88.5 Å². The summed E-state index contributed by atoms with van der Waals surface area (Å²) >= 11 is 1.06. The number of nitrogens with zero attached hydrogens (tertiary/aromatic N) is 1. The number of aromatic nitrogens is 1. The quantitative estimate of drug-likeness (QED) is 0.842. The summed E-state index contributed by atoms with van der Waals surface area (Å²) in [6.45, 7) is 1.64. The second kappa shape index (κ2) is 5.70. The number of esters is 1. The molecule has 0 saturated carbocycles. The summed E-state index contributed by atoms with van der Waals surface area (Å²) in [5.74, 6) is -1.40. The fraction of sp³-hybridized carbons (Fsp3) is 0.154. The van der Waals surface area contributed by atoms with Crippen LogP contribution in [-0.2, 0) is 4.74 Å².